The van der Waals surface area contributed by atoms with Crippen LogP contribution in [-0.2, 0) is 11.2 Å². The Morgan fingerprint density at radius 1 is 1.07 bits per heavy atom. The van der Waals surface area contributed by atoms with E-state index in [4.69, 9.17) is 4.42 Å². The highest BCUT2D eigenvalue weighted by Gasteiger charge is 2.13. The minimum absolute atomic E-state index is 0.0219. The van der Waals surface area contributed by atoms with Gasteiger partial charge in [0.15, 0.2) is 0 Å². The summed E-state index contributed by atoms with van der Waals surface area (Å²) >= 11 is 0. The molecule has 6 nitrogen and oxygen atoms in total. The monoisotopic (exact) mass is 372 g/mol. The van der Waals surface area contributed by atoms with Crippen molar-refractivity contribution < 1.29 is 9.21 Å². The molecule has 0 saturated carbocycles. The molecule has 1 N–H and O–H groups in total. The van der Waals surface area contributed by atoms with Gasteiger partial charge in [0.05, 0.1) is 5.52 Å². The fourth-order valence-corrected chi connectivity index (χ4v) is 2.94. The van der Waals surface area contributed by atoms with E-state index >= 15 is 0 Å². The van der Waals surface area contributed by atoms with E-state index in [2.05, 4.69) is 34.3 Å². The fraction of sp³-hybridized carbons (Fsp3) is 0.182. The highest BCUT2D eigenvalue weighted by atomic mass is 16.4. The van der Waals surface area contributed by atoms with Crippen molar-refractivity contribution in [2.24, 2.45) is 0 Å². The molecule has 140 valence electrons. The molecule has 0 saturated heterocycles. The summed E-state index contributed by atoms with van der Waals surface area (Å²) < 4.78 is 5.67. The molecule has 2 aromatic carbocycles. The van der Waals surface area contributed by atoms with Gasteiger partial charge in [-0.3, -0.25) is 9.78 Å². The van der Waals surface area contributed by atoms with E-state index in [1.54, 1.807) is 6.20 Å². The number of carbonyl (C=O) groups excluding carboxylic acids is 1. The second kappa shape index (κ2) is 7.60. The molecular weight excluding hydrogens is 352 g/mol. The molecule has 28 heavy (non-hydrogen) atoms. The molecule has 2 aromatic heterocycles. The van der Waals surface area contributed by atoms with E-state index in [9.17, 15) is 4.79 Å². The number of amides is 1. The van der Waals surface area contributed by atoms with Gasteiger partial charge in [-0.15, -0.1) is 10.2 Å². The Morgan fingerprint density at radius 2 is 1.89 bits per heavy atom. The molecule has 0 aliphatic heterocycles. The molecule has 6 heteroatoms. The normalized spacial score (nSPS) is 11.1. The number of pyridine rings is 1. The molecule has 0 unspecified atom stereocenters. The highest BCUT2D eigenvalue weighted by molar-refractivity contribution is 5.91. The summed E-state index contributed by atoms with van der Waals surface area (Å²) in [4.78, 5) is 16.6. The Hall–Kier alpha value is -3.54. The predicted molar refractivity (Wildman–Crippen MR) is 108 cm³/mol. The molecular formula is C22H20N4O2. The van der Waals surface area contributed by atoms with Crippen LogP contribution in [0.4, 0.5) is 5.69 Å². The largest absolute Gasteiger partial charge is 0.420 e. The van der Waals surface area contributed by atoms with Gasteiger partial charge in [-0.25, -0.2) is 0 Å². The van der Waals surface area contributed by atoms with Gasteiger partial charge in [-0.1, -0.05) is 32.0 Å². The molecule has 0 radical (unpaired) electrons. The molecule has 0 aliphatic rings. The highest BCUT2D eigenvalue weighted by Crippen LogP contribution is 2.23. The first-order chi connectivity index (χ1) is 13.6. The molecule has 1 amide bonds. The van der Waals surface area contributed by atoms with Gasteiger partial charge in [0.1, 0.15) is 6.42 Å². The quantitative estimate of drug-likeness (QED) is 0.554. The molecule has 2 heterocycles. The van der Waals surface area contributed by atoms with Crippen LogP contribution in [0.5, 0.6) is 0 Å². The number of hydrogen-bond acceptors (Lipinski definition) is 5. The second-order valence-electron chi connectivity index (χ2n) is 6.91. The summed E-state index contributed by atoms with van der Waals surface area (Å²) in [6.07, 6.45) is 1.77. The number of fused-ring (bicyclic) bond motifs is 1. The number of nitrogens with zero attached hydrogens (tertiary/aromatic N) is 3. The van der Waals surface area contributed by atoms with Crippen LogP contribution in [-0.4, -0.2) is 21.1 Å². The van der Waals surface area contributed by atoms with Crippen LogP contribution in [0.1, 0.15) is 31.2 Å². The molecule has 4 rings (SSSR count). The van der Waals surface area contributed by atoms with E-state index in [1.165, 1.54) is 5.56 Å². The van der Waals surface area contributed by atoms with Crippen LogP contribution >= 0.6 is 0 Å². The molecule has 4 aromatic rings. The van der Waals surface area contributed by atoms with Crippen molar-refractivity contribution in [3.05, 3.63) is 72.2 Å². The number of rotatable bonds is 5. The van der Waals surface area contributed by atoms with Gasteiger partial charge in [0.2, 0.25) is 17.7 Å². The first-order valence-corrected chi connectivity index (χ1v) is 9.16. The van der Waals surface area contributed by atoms with Crippen LogP contribution in [0.15, 0.2) is 65.2 Å². The Labute approximate surface area is 162 Å². The summed E-state index contributed by atoms with van der Waals surface area (Å²) in [5.41, 5.74) is 3.67. The minimum Gasteiger partial charge on any atom is -0.420 e. The molecule has 0 atom stereocenters. The number of carbonyl (C=O) groups is 1. The van der Waals surface area contributed by atoms with Crippen LogP contribution < -0.4 is 5.32 Å². The van der Waals surface area contributed by atoms with Crippen molar-refractivity contribution in [2.75, 3.05) is 5.32 Å². The lowest BCUT2D eigenvalue weighted by atomic mass is 10.0. The molecule has 0 fully saturated rings. The average Bonchev–Trinajstić information content (AvgIpc) is 3.16. The van der Waals surface area contributed by atoms with E-state index in [-0.39, 0.29) is 18.2 Å². The first kappa shape index (κ1) is 17.9. The molecule has 0 bridgehead atoms. The second-order valence-corrected chi connectivity index (χ2v) is 6.91. The summed E-state index contributed by atoms with van der Waals surface area (Å²) in [5.74, 6) is 0.912. The zero-order chi connectivity index (χ0) is 19.5. The van der Waals surface area contributed by atoms with E-state index in [0.717, 1.165) is 22.2 Å². The van der Waals surface area contributed by atoms with Crippen LogP contribution in [0.3, 0.4) is 0 Å². The van der Waals surface area contributed by atoms with E-state index in [1.807, 2.05) is 54.6 Å². The molecule has 0 spiro atoms. The average molecular weight is 372 g/mol. The van der Waals surface area contributed by atoms with Gasteiger partial charge in [0, 0.05) is 22.8 Å². The van der Waals surface area contributed by atoms with E-state index < -0.39 is 0 Å². The minimum atomic E-state index is -0.199. The van der Waals surface area contributed by atoms with Crippen molar-refractivity contribution in [2.45, 2.75) is 26.2 Å². The zero-order valence-corrected chi connectivity index (χ0v) is 15.7. The summed E-state index contributed by atoms with van der Waals surface area (Å²) in [5, 5.41) is 11.9. The number of nitrogens with one attached hydrogen (secondary N) is 1. The lowest BCUT2D eigenvalue weighted by Gasteiger charge is -2.07. The van der Waals surface area contributed by atoms with Crippen molar-refractivity contribution >= 4 is 22.5 Å². The predicted octanol–water partition coefficient (Wildman–Crippen LogP) is 4.59. The summed E-state index contributed by atoms with van der Waals surface area (Å²) in [6.45, 7) is 4.26. The van der Waals surface area contributed by atoms with Gasteiger partial charge in [-0.05, 0) is 47.9 Å². The van der Waals surface area contributed by atoms with Gasteiger partial charge >= 0.3 is 0 Å². The maximum Gasteiger partial charge on any atom is 0.247 e. The van der Waals surface area contributed by atoms with Crippen LogP contribution in [0.25, 0.3) is 22.4 Å². The van der Waals surface area contributed by atoms with Gasteiger partial charge in [0.25, 0.3) is 0 Å². The first-order valence-electron chi connectivity index (χ1n) is 9.16. The Morgan fingerprint density at radius 3 is 2.68 bits per heavy atom. The van der Waals surface area contributed by atoms with Crippen molar-refractivity contribution in [1.29, 1.82) is 0 Å². The fourth-order valence-electron chi connectivity index (χ4n) is 2.94. The summed E-state index contributed by atoms with van der Waals surface area (Å²) in [6, 6.07) is 17.4. The van der Waals surface area contributed by atoms with Crippen LogP contribution in [0.2, 0.25) is 0 Å². The maximum absolute atomic E-state index is 12.3. The van der Waals surface area contributed by atoms with Crippen molar-refractivity contribution in [1.82, 2.24) is 15.2 Å². The molecule has 0 aliphatic carbocycles. The maximum atomic E-state index is 12.3. The SMILES string of the molecule is CC(C)c1ccc(NC(=O)Cc2nnc(-c3ccc4ncccc4c3)o2)cc1. The third-order valence-electron chi connectivity index (χ3n) is 4.49. The Kier molecular flexibility index (Phi) is 4.85. The number of aromatic nitrogens is 3. The lowest BCUT2D eigenvalue weighted by molar-refractivity contribution is -0.115. The number of anilines is 1. The van der Waals surface area contributed by atoms with Gasteiger partial charge < -0.3 is 9.73 Å². The van der Waals surface area contributed by atoms with E-state index in [0.29, 0.717) is 11.8 Å². The Balaban J connectivity index is 1.44. The van der Waals surface area contributed by atoms with Crippen molar-refractivity contribution in [3.8, 4) is 11.5 Å². The topological polar surface area (TPSA) is 80.9 Å². The third kappa shape index (κ3) is 3.91. The smallest absolute Gasteiger partial charge is 0.247 e. The lowest BCUT2D eigenvalue weighted by Crippen LogP contribution is -2.14. The third-order valence-corrected chi connectivity index (χ3v) is 4.49. The zero-order valence-electron chi connectivity index (χ0n) is 15.7. The number of benzene rings is 2. The standard InChI is InChI=1S/C22H20N4O2/c1-14(2)15-5-8-18(9-6-15)24-20(27)13-21-25-26-22(28-21)17-7-10-19-16(12-17)4-3-11-23-19/h3-12,14H,13H2,1-2H3,(H,24,27). The number of hydrogen-bond donors (Lipinski definition) is 1. The summed E-state index contributed by atoms with van der Waals surface area (Å²) in [7, 11) is 0. The van der Waals surface area contributed by atoms with Gasteiger partial charge in [-0.2, -0.15) is 0 Å². The van der Waals surface area contributed by atoms with Crippen molar-refractivity contribution in [3.63, 3.8) is 0 Å². The van der Waals surface area contributed by atoms with Crippen LogP contribution in [0, 0.1) is 0 Å². The Bertz CT molecular complexity index is 1120.